The second-order valence-corrected chi connectivity index (χ2v) is 9.19. The maximum Gasteiger partial charge on any atom is 0.159 e. The molecule has 0 spiro atoms. The van der Waals surface area contributed by atoms with Crippen LogP contribution in [0.15, 0.2) is 30.9 Å². The molecule has 3 saturated carbocycles. The Bertz CT molecular complexity index is 629. The molecule has 0 amide bonds. The second kappa shape index (κ2) is 7.82. The molecule has 26 heavy (non-hydrogen) atoms. The lowest BCUT2D eigenvalue weighted by molar-refractivity contribution is 0.0748. The number of fused-ring (bicyclic) bond motifs is 1. The molecule has 0 heterocycles. The van der Waals surface area contributed by atoms with Gasteiger partial charge in [0, 0.05) is 0 Å². The molecule has 2 heteroatoms. The van der Waals surface area contributed by atoms with Gasteiger partial charge in [-0.2, -0.15) is 0 Å². The van der Waals surface area contributed by atoms with Gasteiger partial charge in [-0.3, -0.25) is 0 Å². The summed E-state index contributed by atoms with van der Waals surface area (Å²) >= 11 is 0. The van der Waals surface area contributed by atoms with E-state index in [0.29, 0.717) is 5.92 Å². The van der Waals surface area contributed by atoms with E-state index in [4.69, 9.17) is 0 Å². The maximum atomic E-state index is 13.6. The highest BCUT2D eigenvalue weighted by Crippen LogP contribution is 2.50. The van der Waals surface area contributed by atoms with Crippen LogP contribution in [0.4, 0.5) is 8.78 Å². The Morgan fingerprint density at radius 1 is 0.731 bits per heavy atom. The molecule has 0 bridgehead atoms. The largest absolute Gasteiger partial charge is 0.204 e. The molecule has 1 aromatic rings. The maximum absolute atomic E-state index is 13.6. The van der Waals surface area contributed by atoms with Crippen molar-refractivity contribution < 1.29 is 8.78 Å². The first-order chi connectivity index (χ1) is 12.6. The van der Waals surface area contributed by atoms with Crippen molar-refractivity contribution in [2.75, 3.05) is 0 Å². The fourth-order valence-electron chi connectivity index (χ4n) is 6.27. The van der Waals surface area contributed by atoms with Gasteiger partial charge in [0.25, 0.3) is 0 Å². The molecule has 3 aliphatic rings. The van der Waals surface area contributed by atoms with Crippen molar-refractivity contribution in [3.05, 3.63) is 48.1 Å². The van der Waals surface area contributed by atoms with Crippen LogP contribution in [0.1, 0.15) is 75.7 Å². The van der Waals surface area contributed by atoms with Crippen LogP contribution in [-0.4, -0.2) is 0 Å². The zero-order valence-electron chi connectivity index (χ0n) is 15.8. The van der Waals surface area contributed by atoms with Crippen molar-refractivity contribution >= 4 is 0 Å². The Morgan fingerprint density at radius 2 is 1.35 bits per heavy atom. The highest BCUT2D eigenvalue weighted by Gasteiger charge is 2.38. The normalized spacial score (nSPS) is 37.8. The molecule has 4 atom stereocenters. The molecule has 142 valence electrons. The molecule has 0 aliphatic heterocycles. The van der Waals surface area contributed by atoms with Crippen molar-refractivity contribution in [2.45, 2.75) is 70.1 Å². The van der Waals surface area contributed by atoms with E-state index in [1.807, 2.05) is 0 Å². The minimum absolute atomic E-state index is 0.422. The summed E-state index contributed by atoms with van der Waals surface area (Å²) in [6, 6.07) is 4.53. The van der Waals surface area contributed by atoms with Crippen molar-refractivity contribution in [3.63, 3.8) is 0 Å². The average Bonchev–Trinajstić information content (AvgIpc) is 2.69. The quantitative estimate of drug-likeness (QED) is 0.499. The molecule has 3 aliphatic carbocycles. The molecule has 0 N–H and O–H groups in total. The first-order valence-corrected chi connectivity index (χ1v) is 10.7. The number of hydrogen-bond donors (Lipinski definition) is 0. The van der Waals surface area contributed by atoms with E-state index in [1.54, 1.807) is 6.07 Å². The summed E-state index contributed by atoms with van der Waals surface area (Å²) in [7, 11) is 0. The van der Waals surface area contributed by atoms with Gasteiger partial charge in [0.05, 0.1) is 0 Å². The fourth-order valence-corrected chi connectivity index (χ4v) is 6.27. The Labute approximate surface area is 157 Å². The molecule has 4 rings (SSSR count). The Morgan fingerprint density at radius 3 is 2.04 bits per heavy atom. The number of benzene rings is 1. The van der Waals surface area contributed by atoms with Crippen LogP contribution in [-0.2, 0) is 0 Å². The highest BCUT2D eigenvalue weighted by atomic mass is 19.2. The van der Waals surface area contributed by atoms with Gasteiger partial charge in [-0.05, 0) is 117 Å². The third-order valence-corrected chi connectivity index (χ3v) is 7.89. The van der Waals surface area contributed by atoms with Crippen molar-refractivity contribution in [2.24, 2.45) is 29.6 Å². The lowest BCUT2D eigenvalue weighted by Gasteiger charge is -2.45. The Kier molecular flexibility index (Phi) is 5.47. The van der Waals surface area contributed by atoms with Crippen LogP contribution >= 0.6 is 0 Å². The summed E-state index contributed by atoms with van der Waals surface area (Å²) in [5, 5.41) is 0. The molecule has 0 saturated heterocycles. The zero-order chi connectivity index (χ0) is 18.1. The summed E-state index contributed by atoms with van der Waals surface area (Å²) in [6.07, 6.45) is 15.4. The van der Waals surface area contributed by atoms with Crippen molar-refractivity contribution in [1.82, 2.24) is 0 Å². The highest BCUT2D eigenvalue weighted by molar-refractivity contribution is 5.22. The van der Waals surface area contributed by atoms with E-state index in [-0.39, 0.29) is 0 Å². The topological polar surface area (TPSA) is 0 Å². The van der Waals surface area contributed by atoms with Crippen LogP contribution in [0.3, 0.4) is 0 Å². The lowest BCUT2D eigenvalue weighted by atomic mass is 9.60. The summed E-state index contributed by atoms with van der Waals surface area (Å²) in [4.78, 5) is 0. The van der Waals surface area contributed by atoms with Crippen LogP contribution in [0.5, 0.6) is 0 Å². The number of allylic oxidation sites excluding steroid dienone is 1. The Hall–Kier alpha value is -1.18. The number of halogens is 2. The SMILES string of the molecule is C=CC1CCC(C2CCC3CC(c4ccc(F)c(F)c4)CCC3C2)CC1. The first-order valence-electron chi connectivity index (χ1n) is 10.7. The van der Waals surface area contributed by atoms with E-state index in [2.05, 4.69) is 12.7 Å². The van der Waals surface area contributed by atoms with E-state index in [9.17, 15) is 8.78 Å². The van der Waals surface area contributed by atoms with Gasteiger partial charge in [-0.15, -0.1) is 6.58 Å². The predicted octanol–water partition coefficient (Wildman–Crippen LogP) is 7.26. The zero-order valence-corrected chi connectivity index (χ0v) is 15.8. The molecular formula is C24H32F2. The molecule has 0 aromatic heterocycles. The van der Waals surface area contributed by atoms with Gasteiger partial charge in [0.15, 0.2) is 11.6 Å². The summed E-state index contributed by atoms with van der Waals surface area (Å²) < 4.78 is 26.8. The van der Waals surface area contributed by atoms with Gasteiger partial charge in [0.1, 0.15) is 0 Å². The number of hydrogen-bond acceptors (Lipinski definition) is 0. The minimum atomic E-state index is -0.728. The first kappa shape index (κ1) is 18.2. The molecule has 1 aromatic carbocycles. The van der Waals surface area contributed by atoms with Gasteiger partial charge in [-0.25, -0.2) is 8.78 Å². The summed E-state index contributed by atoms with van der Waals surface area (Å²) in [5.74, 6) is 3.30. The molecule has 0 nitrogen and oxygen atoms in total. The summed E-state index contributed by atoms with van der Waals surface area (Å²) in [6.45, 7) is 3.97. The number of rotatable bonds is 3. The second-order valence-electron chi connectivity index (χ2n) is 9.19. The van der Waals surface area contributed by atoms with E-state index >= 15 is 0 Å². The molecule has 3 fully saturated rings. The third-order valence-electron chi connectivity index (χ3n) is 7.89. The monoisotopic (exact) mass is 358 g/mol. The molecule has 0 radical (unpaired) electrons. The average molecular weight is 359 g/mol. The smallest absolute Gasteiger partial charge is 0.159 e. The molecule has 4 unspecified atom stereocenters. The molecular weight excluding hydrogens is 326 g/mol. The van der Waals surface area contributed by atoms with E-state index < -0.39 is 11.6 Å². The van der Waals surface area contributed by atoms with Crippen LogP contribution < -0.4 is 0 Å². The van der Waals surface area contributed by atoms with Gasteiger partial charge in [0.2, 0.25) is 0 Å². The third kappa shape index (κ3) is 3.75. The van der Waals surface area contributed by atoms with Crippen LogP contribution in [0.2, 0.25) is 0 Å². The van der Waals surface area contributed by atoms with E-state index in [0.717, 1.165) is 41.6 Å². The van der Waals surface area contributed by atoms with Crippen LogP contribution in [0, 0.1) is 41.2 Å². The van der Waals surface area contributed by atoms with E-state index in [1.165, 1.54) is 69.9 Å². The lowest BCUT2D eigenvalue weighted by Crippen LogP contribution is -2.34. The Balaban J connectivity index is 1.34. The minimum Gasteiger partial charge on any atom is -0.204 e. The van der Waals surface area contributed by atoms with Gasteiger partial charge in [-0.1, -0.05) is 12.1 Å². The van der Waals surface area contributed by atoms with Crippen molar-refractivity contribution in [1.29, 1.82) is 0 Å². The van der Waals surface area contributed by atoms with Crippen LogP contribution in [0.25, 0.3) is 0 Å². The van der Waals surface area contributed by atoms with Gasteiger partial charge >= 0.3 is 0 Å². The predicted molar refractivity (Wildman–Crippen MR) is 103 cm³/mol. The van der Waals surface area contributed by atoms with Crippen molar-refractivity contribution in [3.8, 4) is 0 Å². The summed E-state index contributed by atoms with van der Waals surface area (Å²) in [5.41, 5.74) is 1.01. The fraction of sp³-hybridized carbons (Fsp3) is 0.667. The standard InChI is InChI=1S/C24H32F2/c1-2-16-3-5-17(6-4-16)18-7-8-20-14-21(10-9-19(20)13-18)22-11-12-23(25)24(26)15-22/h2,11-12,15-21H,1,3-10,13-14H2. The van der Waals surface area contributed by atoms with Gasteiger partial charge < -0.3 is 0 Å².